The summed E-state index contributed by atoms with van der Waals surface area (Å²) in [7, 11) is 5.43. The highest BCUT2D eigenvalue weighted by molar-refractivity contribution is 5.40. The number of ether oxygens (including phenoxy) is 2. The van der Waals surface area contributed by atoms with E-state index in [9.17, 15) is 0 Å². The van der Waals surface area contributed by atoms with E-state index in [0.717, 1.165) is 36.6 Å². The number of hydrogen-bond donors (Lipinski definition) is 1. The molecule has 0 unspecified atom stereocenters. The molecule has 1 aromatic carbocycles. The average Bonchev–Trinajstić information content (AvgIpc) is 2.36. The highest BCUT2D eigenvalue weighted by Crippen LogP contribution is 2.24. The van der Waals surface area contributed by atoms with Crippen molar-refractivity contribution < 1.29 is 9.47 Å². The lowest BCUT2D eigenvalue weighted by atomic mass is 10.1. The van der Waals surface area contributed by atoms with Crippen molar-refractivity contribution in [2.75, 3.05) is 40.9 Å². The first-order valence-electron chi connectivity index (χ1n) is 5.80. The Morgan fingerprint density at radius 2 is 1.94 bits per heavy atom. The fourth-order valence-corrected chi connectivity index (χ4v) is 1.72. The van der Waals surface area contributed by atoms with E-state index in [2.05, 4.69) is 11.9 Å². The van der Waals surface area contributed by atoms with Gasteiger partial charge in [0.2, 0.25) is 0 Å². The minimum Gasteiger partial charge on any atom is -0.497 e. The predicted molar refractivity (Wildman–Crippen MR) is 69.8 cm³/mol. The van der Waals surface area contributed by atoms with E-state index in [-0.39, 0.29) is 0 Å². The maximum absolute atomic E-state index is 5.51. The third-order valence-corrected chi connectivity index (χ3v) is 2.76. The number of hydrogen-bond acceptors (Lipinski definition) is 4. The summed E-state index contributed by atoms with van der Waals surface area (Å²) in [6, 6.07) is 5.87. The van der Waals surface area contributed by atoms with Crippen molar-refractivity contribution in [3.05, 3.63) is 23.8 Å². The first kappa shape index (κ1) is 13.8. The fraction of sp³-hybridized carbons (Fsp3) is 0.538. The Hall–Kier alpha value is -1.26. The van der Waals surface area contributed by atoms with Crippen LogP contribution in [0.25, 0.3) is 0 Å². The Morgan fingerprint density at radius 3 is 2.53 bits per heavy atom. The summed E-state index contributed by atoms with van der Waals surface area (Å²) in [6.45, 7) is 2.55. The molecule has 0 aromatic heterocycles. The third-order valence-electron chi connectivity index (χ3n) is 2.76. The lowest BCUT2D eigenvalue weighted by Gasteiger charge is -2.16. The second-order valence-corrected chi connectivity index (χ2v) is 4.02. The van der Waals surface area contributed by atoms with Crippen LogP contribution in [0.5, 0.6) is 11.5 Å². The molecule has 0 saturated heterocycles. The SMILES string of the molecule is COc1ccc(OC)c(CCN(C)CCN)c1. The van der Waals surface area contributed by atoms with Gasteiger partial charge in [-0.05, 0) is 37.2 Å². The molecule has 0 radical (unpaired) electrons. The van der Waals surface area contributed by atoms with Gasteiger partial charge in [-0.25, -0.2) is 0 Å². The predicted octanol–water partition coefficient (Wildman–Crippen LogP) is 1.14. The van der Waals surface area contributed by atoms with Crippen LogP contribution in [0.15, 0.2) is 18.2 Å². The molecule has 2 N–H and O–H groups in total. The third kappa shape index (κ3) is 4.24. The molecule has 0 aliphatic carbocycles. The van der Waals surface area contributed by atoms with E-state index < -0.39 is 0 Å². The summed E-state index contributed by atoms with van der Waals surface area (Å²) >= 11 is 0. The van der Waals surface area contributed by atoms with Gasteiger partial charge in [-0.15, -0.1) is 0 Å². The molecule has 1 aromatic rings. The number of methoxy groups -OCH3 is 2. The number of likely N-dealkylation sites (N-methyl/N-ethyl adjacent to an activating group) is 1. The summed E-state index contributed by atoms with van der Waals surface area (Å²) in [5.41, 5.74) is 6.68. The summed E-state index contributed by atoms with van der Waals surface area (Å²) in [4.78, 5) is 2.21. The van der Waals surface area contributed by atoms with Crippen LogP contribution >= 0.6 is 0 Å². The average molecular weight is 238 g/mol. The van der Waals surface area contributed by atoms with Gasteiger partial charge in [-0.3, -0.25) is 0 Å². The van der Waals surface area contributed by atoms with E-state index in [4.69, 9.17) is 15.2 Å². The van der Waals surface area contributed by atoms with Gasteiger partial charge in [0.05, 0.1) is 14.2 Å². The van der Waals surface area contributed by atoms with Crippen molar-refractivity contribution in [3.8, 4) is 11.5 Å². The Kier molecular flexibility index (Phi) is 5.80. The summed E-state index contributed by atoms with van der Waals surface area (Å²) in [5, 5.41) is 0. The molecular weight excluding hydrogens is 216 g/mol. The molecule has 0 saturated carbocycles. The van der Waals surface area contributed by atoms with Crippen LogP contribution in [-0.4, -0.2) is 45.8 Å². The van der Waals surface area contributed by atoms with E-state index in [1.807, 2.05) is 18.2 Å². The van der Waals surface area contributed by atoms with Crippen molar-refractivity contribution in [3.63, 3.8) is 0 Å². The minimum atomic E-state index is 0.686. The molecule has 1 rings (SSSR count). The minimum absolute atomic E-state index is 0.686. The van der Waals surface area contributed by atoms with Gasteiger partial charge in [0, 0.05) is 19.6 Å². The van der Waals surface area contributed by atoms with Gasteiger partial charge in [0.15, 0.2) is 0 Å². The molecule has 0 bridgehead atoms. The van der Waals surface area contributed by atoms with Crippen LogP contribution in [0.4, 0.5) is 0 Å². The number of benzene rings is 1. The molecule has 0 atom stereocenters. The van der Waals surface area contributed by atoms with Crippen LogP contribution in [0.2, 0.25) is 0 Å². The first-order valence-corrected chi connectivity index (χ1v) is 5.80. The summed E-state index contributed by atoms with van der Waals surface area (Å²) in [6.07, 6.45) is 0.927. The molecule has 96 valence electrons. The zero-order valence-corrected chi connectivity index (χ0v) is 10.9. The molecule has 0 aliphatic heterocycles. The van der Waals surface area contributed by atoms with Gasteiger partial charge in [0.1, 0.15) is 11.5 Å². The maximum Gasteiger partial charge on any atom is 0.122 e. The van der Waals surface area contributed by atoms with Crippen LogP contribution in [-0.2, 0) is 6.42 Å². The molecule has 0 spiro atoms. The highest BCUT2D eigenvalue weighted by Gasteiger charge is 2.06. The maximum atomic E-state index is 5.51. The van der Waals surface area contributed by atoms with Gasteiger partial charge in [0.25, 0.3) is 0 Å². The van der Waals surface area contributed by atoms with Gasteiger partial charge < -0.3 is 20.1 Å². The molecule has 4 nitrogen and oxygen atoms in total. The lowest BCUT2D eigenvalue weighted by molar-refractivity contribution is 0.343. The van der Waals surface area contributed by atoms with E-state index in [0.29, 0.717) is 6.54 Å². The molecule has 0 fully saturated rings. The van der Waals surface area contributed by atoms with Crippen LogP contribution < -0.4 is 15.2 Å². The Bertz CT molecular complexity index is 342. The largest absolute Gasteiger partial charge is 0.497 e. The van der Waals surface area contributed by atoms with Crippen molar-refractivity contribution in [2.24, 2.45) is 5.73 Å². The highest BCUT2D eigenvalue weighted by atomic mass is 16.5. The van der Waals surface area contributed by atoms with Gasteiger partial charge in [-0.2, -0.15) is 0 Å². The normalized spacial score (nSPS) is 10.6. The van der Waals surface area contributed by atoms with E-state index in [1.165, 1.54) is 0 Å². The first-order chi connectivity index (χ1) is 8.21. The van der Waals surface area contributed by atoms with E-state index >= 15 is 0 Å². The standard InChI is InChI=1S/C13H22N2O2/c1-15(9-7-14)8-6-11-10-12(16-2)4-5-13(11)17-3/h4-5,10H,6-9,14H2,1-3H3. The van der Waals surface area contributed by atoms with Gasteiger partial charge in [-0.1, -0.05) is 0 Å². The van der Waals surface area contributed by atoms with Crippen molar-refractivity contribution in [1.29, 1.82) is 0 Å². The molecular formula is C13H22N2O2. The molecule has 17 heavy (non-hydrogen) atoms. The molecule has 0 heterocycles. The van der Waals surface area contributed by atoms with Crippen molar-refractivity contribution in [1.82, 2.24) is 4.90 Å². The van der Waals surface area contributed by atoms with Crippen LogP contribution in [0, 0.1) is 0 Å². The number of nitrogens with two attached hydrogens (primary N) is 1. The molecule has 0 aliphatic rings. The molecule has 0 amide bonds. The second kappa shape index (κ2) is 7.14. The number of nitrogens with zero attached hydrogens (tertiary/aromatic N) is 1. The Morgan fingerprint density at radius 1 is 1.18 bits per heavy atom. The van der Waals surface area contributed by atoms with Crippen molar-refractivity contribution in [2.45, 2.75) is 6.42 Å². The zero-order valence-electron chi connectivity index (χ0n) is 10.9. The zero-order chi connectivity index (χ0) is 12.7. The lowest BCUT2D eigenvalue weighted by Crippen LogP contribution is -2.27. The monoisotopic (exact) mass is 238 g/mol. The number of rotatable bonds is 7. The van der Waals surface area contributed by atoms with Crippen LogP contribution in [0.3, 0.4) is 0 Å². The topological polar surface area (TPSA) is 47.7 Å². The molecule has 4 heteroatoms. The van der Waals surface area contributed by atoms with Crippen LogP contribution in [0.1, 0.15) is 5.56 Å². The van der Waals surface area contributed by atoms with Gasteiger partial charge >= 0.3 is 0 Å². The second-order valence-electron chi connectivity index (χ2n) is 4.02. The Balaban J connectivity index is 2.67. The summed E-state index contributed by atoms with van der Waals surface area (Å²) in [5.74, 6) is 1.77. The fourth-order valence-electron chi connectivity index (χ4n) is 1.72. The smallest absolute Gasteiger partial charge is 0.122 e. The summed E-state index contributed by atoms with van der Waals surface area (Å²) < 4.78 is 10.6. The van der Waals surface area contributed by atoms with Crippen molar-refractivity contribution >= 4 is 0 Å². The quantitative estimate of drug-likeness (QED) is 0.774. The Labute approximate surface area is 103 Å². The van der Waals surface area contributed by atoms with E-state index in [1.54, 1.807) is 14.2 Å².